The summed E-state index contributed by atoms with van der Waals surface area (Å²) >= 11 is 0. The van der Waals surface area contributed by atoms with E-state index in [0.717, 1.165) is 5.52 Å². The molecule has 112 valence electrons. The Morgan fingerprint density at radius 3 is 2.25 bits per heavy atom. The number of nitrogens with zero attached hydrogens (tertiary/aromatic N) is 1. The number of pyridine rings is 1. The molecule has 1 nitrogen and oxygen atoms in total. The monoisotopic (exact) mass is 305 g/mol. The van der Waals surface area contributed by atoms with E-state index in [0.29, 0.717) is 0 Å². The second-order valence-electron chi connectivity index (χ2n) is 6.11. The molecule has 5 aromatic rings. The van der Waals surface area contributed by atoms with E-state index in [2.05, 4.69) is 83.8 Å². The summed E-state index contributed by atoms with van der Waals surface area (Å²) in [6.45, 7) is 0. The lowest BCUT2D eigenvalue weighted by Crippen LogP contribution is -1.86. The highest BCUT2D eigenvalue weighted by Gasteiger charge is 2.09. The predicted molar refractivity (Wildman–Crippen MR) is 102 cm³/mol. The summed E-state index contributed by atoms with van der Waals surface area (Å²) in [4.78, 5) is 4.66. The average molecular weight is 305 g/mol. The Morgan fingerprint density at radius 2 is 1.29 bits per heavy atom. The predicted octanol–water partition coefficient (Wildman–Crippen LogP) is 6.21. The second-order valence-corrected chi connectivity index (χ2v) is 6.11. The lowest BCUT2D eigenvalue weighted by Gasteiger charge is -2.10. The molecule has 1 heterocycles. The summed E-state index contributed by atoms with van der Waals surface area (Å²) < 4.78 is 0. The average Bonchev–Trinajstić information content (AvgIpc) is 2.67. The summed E-state index contributed by atoms with van der Waals surface area (Å²) in [6, 6.07) is 30.1. The van der Waals surface area contributed by atoms with E-state index in [1.165, 1.54) is 38.1 Å². The summed E-state index contributed by atoms with van der Waals surface area (Å²) in [6.07, 6.45) is 1.87. The minimum atomic E-state index is 1.07. The minimum Gasteiger partial charge on any atom is -0.256 e. The molecule has 1 aromatic heterocycles. The summed E-state index contributed by atoms with van der Waals surface area (Å²) in [7, 11) is 0. The van der Waals surface area contributed by atoms with Gasteiger partial charge in [-0.05, 0) is 39.4 Å². The molecule has 0 unspecified atom stereocenters. The fraction of sp³-hybridized carbons (Fsp3) is 0. The number of benzene rings is 4. The molecule has 0 saturated heterocycles. The van der Waals surface area contributed by atoms with Crippen LogP contribution in [0, 0.1) is 0 Å². The third kappa shape index (κ3) is 1.99. The van der Waals surface area contributed by atoms with Gasteiger partial charge in [0.05, 0.1) is 5.52 Å². The maximum Gasteiger partial charge on any atom is 0.0786 e. The van der Waals surface area contributed by atoms with E-state index in [4.69, 9.17) is 0 Å². The van der Waals surface area contributed by atoms with Gasteiger partial charge in [-0.25, -0.2) is 0 Å². The van der Waals surface area contributed by atoms with Crippen molar-refractivity contribution < 1.29 is 0 Å². The zero-order valence-electron chi connectivity index (χ0n) is 13.1. The van der Waals surface area contributed by atoms with Gasteiger partial charge in [0.2, 0.25) is 0 Å². The van der Waals surface area contributed by atoms with Crippen molar-refractivity contribution in [2.45, 2.75) is 0 Å². The van der Waals surface area contributed by atoms with Gasteiger partial charge in [-0.15, -0.1) is 0 Å². The maximum absolute atomic E-state index is 4.66. The van der Waals surface area contributed by atoms with E-state index in [-0.39, 0.29) is 0 Å². The van der Waals surface area contributed by atoms with Gasteiger partial charge in [0.15, 0.2) is 0 Å². The maximum atomic E-state index is 4.66. The van der Waals surface area contributed by atoms with Crippen molar-refractivity contribution in [3.63, 3.8) is 0 Å². The van der Waals surface area contributed by atoms with Crippen molar-refractivity contribution in [3.8, 4) is 11.1 Å². The quantitative estimate of drug-likeness (QED) is 0.336. The van der Waals surface area contributed by atoms with Crippen LogP contribution < -0.4 is 0 Å². The number of fused-ring (bicyclic) bond motifs is 4. The standard InChI is InChI=1S/C23H15N/c1-2-6-19-15-20(13-10-16(19)5-1)21-9-3-7-17-11-12-18-8-4-14-24-23(18)22(17)21/h1-15H. The van der Waals surface area contributed by atoms with Crippen LogP contribution >= 0.6 is 0 Å². The van der Waals surface area contributed by atoms with E-state index in [9.17, 15) is 0 Å². The van der Waals surface area contributed by atoms with E-state index in [1.54, 1.807) is 0 Å². The zero-order valence-corrected chi connectivity index (χ0v) is 13.1. The Kier molecular flexibility index (Phi) is 2.86. The van der Waals surface area contributed by atoms with Crippen molar-refractivity contribution in [1.29, 1.82) is 0 Å². The van der Waals surface area contributed by atoms with Crippen LogP contribution in [0.1, 0.15) is 0 Å². The first-order chi connectivity index (χ1) is 11.9. The molecule has 0 N–H and O–H groups in total. The number of aromatic nitrogens is 1. The Hall–Kier alpha value is -3.19. The molecule has 0 amide bonds. The molecule has 0 bridgehead atoms. The Bertz CT molecular complexity index is 1200. The molecule has 4 aromatic carbocycles. The Balaban J connectivity index is 1.89. The summed E-state index contributed by atoms with van der Waals surface area (Å²) in [5.41, 5.74) is 3.54. The Morgan fingerprint density at radius 1 is 0.542 bits per heavy atom. The Labute approximate surface area is 140 Å². The summed E-state index contributed by atoms with van der Waals surface area (Å²) in [5.74, 6) is 0. The van der Waals surface area contributed by atoms with Crippen molar-refractivity contribution in [2.75, 3.05) is 0 Å². The largest absolute Gasteiger partial charge is 0.256 e. The fourth-order valence-corrected chi connectivity index (χ4v) is 3.51. The van der Waals surface area contributed by atoms with Crippen LogP contribution in [0.15, 0.2) is 91.1 Å². The first-order valence-corrected chi connectivity index (χ1v) is 8.16. The van der Waals surface area contributed by atoms with Crippen LogP contribution in [-0.4, -0.2) is 4.98 Å². The molecule has 0 aliphatic heterocycles. The molecule has 0 radical (unpaired) electrons. The van der Waals surface area contributed by atoms with Crippen LogP contribution in [0.5, 0.6) is 0 Å². The summed E-state index contributed by atoms with van der Waals surface area (Å²) in [5, 5.41) is 6.17. The molecular weight excluding hydrogens is 290 g/mol. The third-order valence-corrected chi connectivity index (χ3v) is 4.68. The highest BCUT2D eigenvalue weighted by molar-refractivity contribution is 6.12. The SMILES string of the molecule is c1ccc2cc(-c3cccc4ccc5cccnc5c34)ccc2c1. The van der Waals surface area contributed by atoms with Gasteiger partial charge in [-0.2, -0.15) is 0 Å². The van der Waals surface area contributed by atoms with Gasteiger partial charge in [0.1, 0.15) is 0 Å². The van der Waals surface area contributed by atoms with Gasteiger partial charge < -0.3 is 0 Å². The van der Waals surface area contributed by atoms with Crippen molar-refractivity contribution in [2.24, 2.45) is 0 Å². The van der Waals surface area contributed by atoms with Gasteiger partial charge in [-0.1, -0.05) is 72.8 Å². The number of hydrogen-bond acceptors (Lipinski definition) is 1. The molecular formula is C23H15N. The lowest BCUT2D eigenvalue weighted by molar-refractivity contribution is 1.43. The first kappa shape index (κ1) is 13.3. The van der Waals surface area contributed by atoms with Gasteiger partial charge >= 0.3 is 0 Å². The van der Waals surface area contributed by atoms with Crippen LogP contribution in [0.3, 0.4) is 0 Å². The number of hydrogen-bond donors (Lipinski definition) is 0. The van der Waals surface area contributed by atoms with Crippen molar-refractivity contribution in [1.82, 2.24) is 4.98 Å². The fourth-order valence-electron chi connectivity index (χ4n) is 3.51. The van der Waals surface area contributed by atoms with Crippen LogP contribution in [-0.2, 0) is 0 Å². The van der Waals surface area contributed by atoms with Crippen molar-refractivity contribution in [3.05, 3.63) is 91.1 Å². The van der Waals surface area contributed by atoms with E-state index in [1.807, 2.05) is 12.3 Å². The molecule has 0 spiro atoms. The molecule has 5 rings (SSSR count). The highest BCUT2D eigenvalue weighted by Crippen LogP contribution is 2.34. The molecule has 0 aliphatic carbocycles. The van der Waals surface area contributed by atoms with Crippen LogP contribution in [0.4, 0.5) is 0 Å². The van der Waals surface area contributed by atoms with Crippen LogP contribution in [0.2, 0.25) is 0 Å². The van der Waals surface area contributed by atoms with Gasteiger partial charge in [0, 0.05) is 17.0 Å². The zero-order chi connectivity index (χ0) is 15.9. The molecule has 0 aliphatic rings. The number of rotatable bonds is 1. The van der Waals surface area contributed by atoms with E-state index >= 15 is 0 Å². The molecule has 0 fully saturated rings. The first-order valence-electron chi connectivity index (χ1n) is 8.16. The van der Waals surface area contributed by atoms with Gasteiger partial charge in [-0.3, -0.25) is 4.98 Å². The molecule has 0 saturated carbocycles. The van der Waals surface area contributed by atoms with Gasteiger partial charge in [0.25, 0.3) is 0 Å². The minimum absolute atomic E-state index is 1.07. The van der Waals surface area contributed by atoms with E-state index < -0.39 is 0 Å². The molecule has 1 heteroatoms. The van der Waals surface area contributed by atoms with Crippen LogP contribution in [0.25, 0.3) is 43.6 Å². The third-order valence-electron chi connectivity index (χ3n) is 4.68. The van der Waals surface area contributed by atoms with Crippen molar-refractivity contribution >= 4 is 32.4 Å². The molecule has 24 heavy (non-hydrogen) atoms. The topological polar surface area (TPSA) is 12.9 Å². The lowest BCUT2D eigenvalue weighted by atomic mass is 9.94. The smallest absolute Gasteiger partial charge is 0.0786 e. The highest BCUT2D eigenvalue weighted by atomic mass is 14.6. The second kappa shape index (κ2) is 5.17. The molecule has 0 atom stereocenters. The normalized spacial score (nSPS) is 11.3.